The minimum atomic E-state index is 0.508. The lowest BCUT2D eigenvalue weighted by Gasteiger charge is -2.14. The first-order valence-electron chi connectivity index (χ1n) is 6.48. The van der Waals surface area contributed by atoms with Crippen LogP contribution in [0.25, 0.3) is 0 Å². The number of rotatable bonds is 5. The number of nitrogens with zero attached hydrogens (tertiary/aromatic N) is 1. The third kappa shape index (κ3) is 3.55. The first-order chi connectivity index (χ1) is 9.20. The van der Waals surface area contributed by atoms with Crippen molar-refractivity contribution in [2.45, 2.75) is 27.0 Å². The molecule has 0 amide bonds. The molecule has 3 nitrogen and oxygen atoms in total. The van der Waals surface area contributed by atoms with Gasteiger partial charge in [-0.05, 0) is 49.7 Å². The fourth-order valence-electron chi connectivity index (χ4n) is 2.20. The van der Waals surface area contributed by atoms with E-state index >= 15 is 0 Å². The molecule has 0 aliphatic carbocycles. The standard InChI is InChI=1S/C16H20N2O/c1-12-8-14(10-17-3)9-13(2)16(12)19-11-15-6-4-5-7-18-15/h4-9,17H,10-11H2,1-3H3. The normalized spacial score (nSPS) is 10.5. The molecule has 1 aromatic carbocycles. The molecule has 0 saturated heterocycles. The summed E-state index contributed by atoms with van der Waals surface area (Å²) in [6.07, 6.45) is 1.79. The van der Waals surface area contributed by atoms with Crippen molar-refractivity contribution in [3.63, 3.8) is 0 Å². The Bertz CT molecular complexity index is 515. The molecule has 0 bridgehead atoms. The Morgan fingerprint density at radius 1 is 1.16 bits per heavy atom. The Kier molecular flexibility index (Phi) is 4.53. The lowest BCUT2D eigenvalue weighted by Crippen LogP contribution is -2.07. The Hall–Kier alpha value is -1.87. The highest BCUT2D eigenvalue weighted by Crippen LogP contribution is 2.25. The topological polar surface area (TPSA) is 34.1 Å². The number of aryl methyl sites for hydroxylation is 2. The summed E-state index contributed by atoms with van der Waals surface area (Å²) in [5.74, 6) is 0.963. The number of benzene rings is 1. The predicted molar refractivity (Wildman–Crippen MR) is 77.2 cm³/mol. The summed E-state index contributed by atoms with van der Waals surface area (Å²) < 4.78 is 5.90. The van der Waals surface area contributed by atoms with Crippen LogP contribution in [0.5, 0.6) is 5.75 Å². The average Bonchev–Trinajstić information content (AvgIpc) is 2.39. The van der Waals surface area contributed by atoms with Gasteiger partial charge in [0.1, 0.15) is 12.4 Å². The van der Waals surface area contributed by atoms with Crippen LogP contribution in [0.4, 0.5) is 0 Å². The molecule has 2 rings (SSSR count). The molecule has 0 unspecified atom stereocenters. The average molecular weight is 256 g/mol. The van der Waals surface area contributed by atoms with E-state index in [2.05, 4.69) is 36.3 Å². The minimum absolute atomic E-state index is 0.508. The zero-order chi connectivity index (χ0) is 13.7. The third-order valence-electron chi connectivity index (χ3n) is 2.99. The highest BCUT2D eigenvalue weighted by Gasteiger charge is 2.07. The van der Waals surface area contributed by atoms with Crippen LogP contribution < -0.4 is 10.1 Å². The Morgan fingerprint density at radius 3 is 2.47 bits per heavy atom. The third-order valence-corrected chi connectivity index (χ3v) is 2.99. The van der Waals surface area contributed by atoms with Gasteiger partial charge in [-0.3, -0.25) is 4.98 Å². The lowest BCUT2D eigenvalue weighted by molar-refractivity contribution is 0.297. The molecular weight excluding hydrogens is 236 g/mol. The molecule has 1 heterocycles. The quantitative estimate of drug-likeness (QED) is 0.893. The summed E-state index contributed by atoms with van der Waals surface area (Å²) in [4.78, 5) is 4.27. The number of pyridine rings is 1. The van der Waals surface area contributed by atoms with E-state index in [4.69, 9.17) is 4.74 Å². The van der Waals surface area contributed by atoms with Crippen molar-refractivity contribution >= 4 is 0 Å². The molecular formula is C16H20N2O. The van der Waals surface area contributed by atoms with Crippen LogP contribution in [0.3, 0.4) is 0 Å². The van der Waals surface area contributed by atoms with Gasteiger partial charge in [-0.2, -0.15) is 0 Å². The fourth-order valence-corrected chi connectivity index (χ4v) is 2.20. The molecule has 2 aromatic rings. The molecule has 19 heavy (non-hydrogen) atoms. The van der Waals surface area contributed by atoms with Gasteiger partial charge in [0.15, 0.2) is 0 Å². The van der Waals surface area contributed by atoms with Crippen LogP contribution >= 0.6 is 0 Å². The molecule has 1 aromatic heterocycles. The highest BCUT2D eigenvalue weighted by molar-refractivity contribution is 5.43. The number of ether oxygens (including phenoxy) is 1. The smallest absolute Gasteiger partial charge is 0.130 e. The molecule has 0 aliphatic rings. The van der Waals surface area contributed by atoms with Crippen molar-refractivity contribution < 1.29 is 4.74 Å². The largest absolute Gasteiger partial charge is 0.487 e. The monoisotopic (exact) mass is 256 g/mol. The summed E-state index contributed by atoms with van der Waals surface area (Å²) in [6.45, 7) is 5.55. The van der Waals surface area contributed by atoms with Gasteiger partial charge in [0.25, 0.3) is 0 Å². The molecule has 0 saturated carbocycles. The maximum absolute atomic E-state index is 5.90. The lowest BCUT2D eigenvalue weighted by atomic mass is 10.1. The maximum Gasteiger partial charge on any atom is 0.130 e. The van der Waals surface area contributed by atoms with E-state index in [1.54, 1.807) is 6.20 Å². The van der Waals surface area contributed by atoms with E-state index in [9.17, 15) is 0 Å². The number of nitrogens with one attached hydrogen (secondary N) is 1. The van der Waals surface area contributed by atoms with E-state index in [0.717, 1.165) is 18.0 Å². The second-order valence-corrected chi connectivity index (χ2v) is 4.70. The van der Waals surface area contributed by atoms with Gasteiger partial charge in [0.2, 0.25) is 0 Å². The summed E-state index contributed by atoms with van der Waals surface area (Å²) >= 11 is 0. The van der Waals surface area contributed by atoms with Crippen LogP contribution in [0.2, 0.25) is 0 Å². The second kappa shape index (κ2) is 6.34. The highest BCUT2D eigenvalue weighted by atomic mass is 16.5. The Balaban J connectivity index is 2.12. The van der Waals surface area contributed by atoms with Crippen molar-refractivity contribution in [1.82, 2.24) is 10.3 Å². The second-order valence-electron chi connectivity index (χ2n) is 4.70. The van der Waals surface area contributed by atoms with Crippen molar-refractivity contribution in [1.29, 1.82) is 0 Å². The maximum atomic E-state index is 5.90. The van der Waals surface area contributed by atoms with Crippen LogP contribution in [-0.2, 0) is 13.2 Å². The van der Waals surface area contributed by atoms with Crippen LogP contribution in [0.15, 0.2) is 36.5 Å². The van der Waals surface area contributed by atoms with Crippen molar-refractivity contribution in [2.24, 2.45) is 0 Å². The van der Waals surface area contributed by atoms with Gasteiger partial charge in [0.05, 0.1) is 5.69 Å². The zero-order valence-corrected chi connectivity index (χ0v) is 11.7. The SMILES string of the molecule is CNCc1cc(C)c(OCc2ccccn2)c(C)c1. The first-order valence-corrected chi connectivity index (χ1v) is 6.48. The Morgan fingerprint density at radius 2 is 1.89 bits per heavy atom. The van der Waals surface area contributed by atoms with Crippen LogP contribution in [-0.4, -0.2) is 12.0 Å². The molecule has 0 fully saturated rings. The summed E-state index contributed by atoms with van der Waals surface area (Å²) in [5, 5.41) is 3.16. The molecule has 1 N–H and O–H groups in total. The fraction of sp³-hybridized carbons (Fsp3) is 0.312. The van der Waals surface area contributed by atoms with Crippen LogP contribution in [0.1, 0.15) is 22.4 Å². The van der Waals surface area contributed by atoms with E-state index in [1.807, 2.05) is 25.2 Å². The van der Waals surface area contributed by atoms with Gasteiger partial charge in [-0.25, -0.2) is 0 Å². The van der Waals surface area contributed by atoms with Gasteiger partial charge in [-0.15, -0.1) is 0 Å². The van der Waals surface area contributed by atoms with Crippen molar-refractivity contribution in [3.8, 4) is 5.75 Å². The summed E-state index contributed by atoms with van der Waals surface area (Å²) in [7, 11) is 1.95. The molecule has 0 atom stereocenters. The predicted octanol–water partition coefficient (Wildman–Crippen LogP) is 3.00. The van der Waals surface area contributed by atoms with E-state index < -0.39 is 0 Å². The summed E-state index contributed by atoms with van der Waals surface area (Å²) in [6, 6.07) is 10.2. The van der Waals surface area contributed by atoms with Gasteiger partial charge >= 0.3 is 0 Å². The Labute approximate surface area is 114 Å². The molecule has 0 spiro atoms. The van der Waals surface area contributed by atoms with E-state index in [1.165, 1.54) is 16.7 Å². The summed E-state index contributed by atoms with van der Waals surface area (Å²) in [5.41, 5.74) is 4.56. The van der Waals surface area contributed by atoms with E-state index in [-0.39, 0.29) is 0 Å². The van der Waals surface area contributed by atoms with Gasteiger partial charge < -0.3 is 10.1 Å². The zero-order valence-electron chi connectivity index (χ0n) is 11.7. The molecule has 0 radical (unpaired) electrons. The van der Waals surface area contributed by atoms with Crippen LogP contribution in [0, 0.1) is 13.8 Å². The van der Waals surface area contributed by atoms with Crippen molar-refractivity contribution in [2.75, 3.05) is 7.05 Å². The van der Waals surface area contributed by atoms with E-state index in [0.29, 0.717) is 6.61 Å². The molecule has 0 aliphatic heterocycles. The number of hydrogen-bond donors (Lipinski definition) is 1. The minimum Gasteiger partial charge on any atom is -0.487 e. The first kappa shape index (κ1) is 13.6. The molecule has 3 heteroatoms. The van der Waals surface area contributed by atoms with Gasteiger partial charge in [-0.1, -0.05) is 18.2 Å². The number of hydrogen-bond acceptors (Lipinski definition) is 3. The molecule has 100 valence electrons. The van der Waals surface area contributed by atoms with Gasteiger partial charge in [0, 0.05) is 12.7 Å². The van der Waals surface area contributed by atoms with Crippen molar-refractivity contribution in [3.05, 3.63) is 58.9 Å². The number of aromatic nitrogens is 1.